The Morgan fingerprint density at radius 2 is 1.79 bits per heavy atom. The van der Waals surface area contributed by atoms with Crippen molar-refractivity contribution in [2.45, 2.75) is 32.6 Å². The Hall–Kier alpha value is -0.870. The second-order valence-corrected chi connectivity index (χ2v) is 7.44. The summed E-state index contributed by atoms with van der Waals surface area (Å²) in [4.78, 5) is 0. The summed E-state index contributed by atoms with van der Waals surface area (Å²) in [5.74, 6) is 0.909. The fourth-order valence-corrected chi connectivity index (χ4v) is 4.27. The third kappa shape index (κ3) is 4.05. The molecule has 0 unspecified atom stereocenters. The molecule has 1 aliphatic rings. The van der Waals surface area contributed by atoms with Crippen LogP contribution < -0.4 is 0 Å². The summed E-state index contributed by atoms with van der Waals surface area (Å²) in [7, 11) is -3.00. The quantitative estimate of drug-likeness (QED) is 0.832. The molecule has 19 heavy (non-hydrogen) atoms. The van der Waals surface area contributed by atoms with Crippen LogP contribution in [-0.2, 0) is 16.4 Å². The number of piperidine rings is 1. The molecule has 4 heteroatoms. The lowest BCUT2D eigenvalue weighted by atomic mass is 9.91. The maximum absolute atomic E-state index is 12.0. The van der Waals surface area contributed by atoms with Crippen LogP contribution in [0.2, 0.25) is 0 Å². The van der Waals surface area contributed by atoms with Crippen molar-refractivity contribution in [2.24, 2.45) is 5.92 Å². The zero-order valence-corrected chi connectivity index (χ0v) is 12.4. The third-order valence-electron chi connectivity index (χ3n) is 3.80. The minimum Gasteiger partial charge on any atom is -0.212 e. The molecule has 0 radical (unpaired) electrons. The molecule has 1 saturated heterocycles. The molecule has 0 saturated carbocycles. The van der Waals surface area contributed by atoms with Gasteiger partial charge in [-0.25, -0.2) is 12.7 Å². The van der Waals surface area contributed by atoms with Crippen LogP contribution in [0.1, 0.15) is 31.7 Å². The molecule has 2 rings (SSSR count). The SMILES string of the molecule is CCCS(=O)(=O)N1CCC(Cc2ccccc2)CC1. The predicted octanol–water partition coefficient (Wildman–Crippen LogP) is 2.68. The molecule has 1 heterocycles. The van der Waals surface area contributed by atoms with E-state index in [4.69, 9.17) is 0 Å². The van der Waals surface area contributed by atoms with Crippen molar-refractivity contribution in [3.8, 4) is 0 Å². The number of sulfonamides is 1. The van der Waals surface area contributed by atoms with E-state index in [0.29, 0.717) is 25.4 Å². The standard InChI is InChI=1S/C15H23NO2S/c1-2-12-19(17,18)16-10-8-15(9-11-16)13-14-6-4-3-5-7-14/h3-7,15H,2,8-13H2,1H3. The van der Waals surface area contributed by atoms with E-state index in [0.717, 1.165) is 19.3 Å². The number of rotatable bonds is 5. The van der Waals surface area contributed by atoms with Gasteiger partial charge in [0.25, 0.3) is 0 Å². The van der Waals surface area contributed by atoms with E-state index in [1.54, 1.807) is 4.31 Å². The summed E-state index contributed by atoms with van der Waals surface area (Å²) in [6.07, 6.45) is 3.74. The zero-order chi connectivity index (χ0) is 13.7. The number of hydrogen-bond acceptors (Lipinski definition) is 2. The molecule has 0 bridgehead atoms. The first-order valence-electron chi connectivity index (χ1n) is 7.13. The van der Waals surface area contributed by atoms with E-state index in [9.17, 15) is 8.42 Å². The lowest BCUT2D eigenvalue weighted by Crippen LogP contribution is -2.40. The maximum Gasteiger partial charge on any atom is 0.214 e. The van der Waals surface area contributed by atoms with Crippen molar-refractivity contribution in [3.63, 3.8) is 0 Å². The normalized spacial score (nSPS) is 18.6. The highest BCUT2D eigenvalue weighted by Gasteiger charge is 2.27. The van der Waals surface area contributed by atoms with Crippen LogP contribution in [0.5, 0.6) is 0 Å². The van der Waals surface area contributed by atoms with Crippen molar-refractivity contribution < 1.29 is 8.42 Å². The average Bonchev–Trinajstić information content (AvgIpc) is 2.40. The van der Waals surface area contributed by atoms with Crippen LogP contribution in [0.25, 0.3) is 0 Å². The van der Waals surface area contributed by atoms with Crippen LogP contribution in [0.3, 0.4) is 0 Å². The zero-order valence-electron chi connectivity index (χ0n) is 11.6. The molecule has 1 aromatic carbocycles. The molecule has 0 aromatic heterocycles. The smallest absolute Gasteiger partial charge is 0.212 e. The van der Waals surface area contributed by atoms with Gasteiger partial charge in [0, 0.05) is 13.1 Å². The summed E-state index contributed by atoms with van der Waals surface area (Å²) < 4.78 is 25.6. The van der Waals surface area contributed by atoms with Crippen molar-refractivity contribution >= 4 is 10.0 Å². The summed E-state index contributed by atoms with van der Waals surface area (Å²) >= 11 is 0. The van der Waals surface area contributed by atoms with Crippen LogP contribution in [0.4, 0.5) is 0 Å². The second-order valence-electron chi connectivity index (χ2n) is 5.35. The predicted molar refractivity (Wildman–Crippen MR) is 78.5 cm³/mol. The largest absolute Gasteiger partial charge is 0.214 e. The van der Waals surface area contributed by atoms with E-state index in [-0.39, 0.29) is 5.75 Å². The van der Waals surface area contributed by atoms with Crippen molar-refractivity contribution in [1.82, 2.24) is 4.31 Å². The number of nitrogens with zero attached hydrogens (tertiary/aromatic N) is 1. The lowest BCUT2D eigenvalue weighted by molar-refractivity contribution is 0.273. The van der Waals surface area contributed by atoms with Gasteiger partial charge in [0.2, 0.25) is 10.0 Å². The van der Waals surface area contributed by atoms with Crippen LogP contribution in [-0.4, -0.2) is 31.6 Å². The van der Waals surface area contributed by atoms with Gasteiger partial charge in [0.15, 0.2) is 0 Å². The van der Waals surface area contributed by atoms with E-state index < -0.39 is 10.0 Å². The van der Waals surface area contributed by atoms with Gasteiger partial charge in [0.05, 0.1) is 5.75 Å². The van der Waals surface area contributed by atoms with E-state index >= 15 is 0 Å². The summed E-state index contributed by atoms with van der Waals surface area (Å²) in [5.41, 5.74) is 1.36. The molecule has 1 aliphatic heterocycles. The fraction of sp³-hybridized carbons (Fsp3) is 0.600. The summed E-state index contributed by atoms with van der Waals surface area (Å²) in [6, 6.07) is 10.5. The molecule has 0 atom stereocenters. The highest BCUT2D eigenvalue weighted by Crippen LogP contribution is 2.23. The molecule has 1 fully saturated rings. The molecule has 0 N–H and O–H groups in total. The monoisotopic (exact) mass is 281 g/mol. The molecule has 0 aliphatic carbocycles. The highest BCUT2D eigenvalue weighted by atomic mass is 32.2. The molecule has 3 nitrogen and oxygen atoms in total. The first-order valence-corrected chi connectivity index (χ1v) is 8.74. The van der Waals surface area contributed by atoms with Gasteiger partial charge < -0.3 is 0 Å². The van der Waals surface area contributed by atoms with Gasteiger partial charge in [0.1, 0.15) is 0 Å². The van der Waals surface area contributed by atoms with E-state index in [2.05, 4.69) is 24.3 Å². The van der Waals surface area contributed by atoms with Crippen LogP contribution >= 0.6 is 0 Å². The average molecular weight is 281 g/mol. The van der Waals surface area contributed by atoms with Gasteiger partial charge in [-0.05, 0) is 37.2 Å². The minimum atomic E-state index is -3.00. The van der Waals surface area contributed by atoms with Gasteiger partial charge in [-0.3, -0.25) is 0 Å². The van der Waals surface area contributed by atoms with Gasteiger partial charge in [-0.1, -0.05) is 37.3 Å². The molecule has 106 valence electrons. The maximum atomic E-state index is 12.0. The topological polar surface area (TPSA) is 37.4 Å². The van der Waals surface area contributed by atoms with Gasteiger partial charge in [-0.15, -0.1) is 0 Å². The van der Waals surface area contributed by atoms with Crippen molar-refractivity contribution in [1.29, 1.82) is 0 Å². The van der Waals surface area contributed by atoms with Gasteiger partial charge >= 0.3 is 0 Å². The van der Waals surface area contributed by atoms with Crippen molar-refractivity contribution in [2.75, 3.05) is 18.8 Å². The molecular formula is C15H23NO2S. The van der Waals surface area contributed by atoms with Gasteiger partial charge in [-0.2, -0.15) is 0 Å². The number of benzene rings is 1. The molecule has 0 amide bonds. The Bertz CT molecular complexity index is 476. The third-order valence-corrected chi connectivity index (χ3v) is 5.87. The van der Waals surface area contributed by atoms with Crippen LogP contribution in [0.15, 0.2) is 30.3 Å². The highest BCUT2D eigenvalue weighted by molar-refractivity contribution is 7.89. The lowest BCUT2D eigenvalue weighted by Gasteiger charge is -2.31. The Kier molecular flexibility index (Phi) is 4.99. The summed E-state index contributed by atoms with van der Waals surface area (Å²) in [5, 5.41) is 0. The Balaban J connectivity index is 1.86. The Morgan fingerprint density at radius 1 is 1.16 bits per heavy atom. The number of hydrogen-bond donors (Lipinski definition) is 0. The first-order chi connectivity index (χ1) is 9.12. The summed E-state index contributed by atoms with van der Waals surface area (Å²) in [6.45, 7) is 3.30. The van der Waals surface area contributed by atoms with E-state index in [1.807, 2.05) is 13.0 Å². The first kappa shape index (κ1) is 14.5. The fourth-order valence-electron chi connectivity index (χ4n) is 2.73. The molecular weight excluding hydrogens is 258 g/mol. The molecule has 1 aromatic rings. The van der Waals surface area contributed by atoms with Crippen LogP contribution in [0, 0.1) is 5.92 Å². The minimum absolute atomic E-state index is 0.288. The van der Waals surface area contributed by atoms with E-state index in [1.165, 1.54) is 5.56 Å². The second kappa shape index (κ2) is 6.53. The molecule has 0 spiro atoms. The Labute approximate surface area is 116 Å². The van der Waals surface area contributed by atoms with Crippen molar-refractivity contribution in [3.05, 3.63) is 35.9 Å². The Morgan fingerprint density at radius 3 is 2.37 bits per heavy atom.